The molecule has 1 nitrogen and oxygen atoms in total. The highest BCUT2D eigenvalue weighted by Gasteiger charge is 2.16. The predicted molar refractivity (Wildman–Crippen MR) is 56.5 cm³/mol. The second-order valence-electron chi connectivity index (χ2n) is 3.33. The fourth-order valence-electron chi connectivity index (χ4n) is 1.61. The molecular formula is C10H17NS. The molecule has 1 unspecified atom stereocenters. The van der Waals surface area contributed by atoms with Crippen LogP contribution in [0.1, 0.15) is 26.2 Å². The molecule has 1 fully saturated rings. The first-order valence-electron chi connectivity index (χ1n) is 4.65. The first-order chi connectivity index (χ1) is 5.84. The normalized spacial score (nSPS) is 24.7. The van der Waals surface area contributed by atoms with Gasteiger partial charge in [0.25, 0.3) is 0 Å². The van der Waals surface area contributed by atoms with Crippen molar-refractivity contribution in [2.75, 3.05) is 18.8 Å². The molecule has 1 rings (SSSR count). The number of likely N-dealkylation sites (tertiary alicyclic amines) is 1. The lowest BCUT2D eigenvalue weighted by Gasteiger charge is -2.31. The molecule has 1 heterocycles. The van der Waals surface area contributed by atoms with Gasteiger partial charge in [-0.15, -0.1) is 0 Å². The largest absolute Gasteiger partial charge is 0.290 e. The van der Waals surface area contributed by atoms with Crippen molar-refractivity contribution in [1.82, 2.24) is 4.90 Å². The van der Waals surface area contributed by atoms with Crippen molar-refractivity contribution in [3.05, 3.63) is 0 Å². The van der Waals surface area contributed by atoms with E-state index < -0.39 is 0 Å². The van der Waals surface area contributed by atoms with Gasteiger partial charge < -0.3 is 0 Å². The van der Waals surface area contributed by atoms with Gasteiger partial charge in [-0.2, -0.15) is 12.6 Å². The Bertz CT molecular complexity index is 180. The molecular weight excluding hydrogens is 166 g/mol. The zero-order valence-corrected chi connectivity index (χ0v) is 8.61. The van der Waals surface area contributed by atoms with Crippen molar-refractivity contribution in [3.63, 3.8) is 0 Å². The van der Waals surface area contributed by atoms with Gasteiger partial charge in [-0.1, -0.05) is 18.3 Å². The molecule has 12 heavy (non-hydrogen) atoms. The van der Waals surface area contributed by atoms with Crippen molar-refractivity contribution >= 4 is 12.6 Å². The minimum Gasteiger partial charge on any atom is -0.290 e. The third-order valence-electron chi connectivity index (χ3n) is 2.43. The Hall–Kier alpha value is -0.130. The summed E-state index contributed by atoms with van der Waals surface area (Å²) in [4.78, 5) is 2.46. The molecule has 1 aliphatic rings. The van der Waals surface area contributed by atoms with Crippen LogP contribution in [0.15, 0.2) is 0 Å². The van der Waals surface area contributed by atoms with Gasteiger partial charge >= 0.3 is 0 Å². The zero-order chi connectivity index (χ0) is 8.81. The molecule has 0 spiro atoms. The smallest absolute Gasteiger partial charge is 0.0604 e. The van der Waals surface area contributed by atoms with Crippen LogP contribution >= 0.6 is 12.6 Å². The number of thiol groups is 1. The number of rotatable bonds is 1. The molecule has 0 N–H and O–H groups in total. The first kappa shape index (κ1) is 9.95. The van der Waals surface area contributed by atoms with E-state index >= 15 is 0 Å². The van der Waals surface area contributed by atoms with Gasteiger partial charge in [-0.25, -0.2) is 0 Å². The summed E-state index contributed by atoms with van der Waals surface area (Å²) in [5.74, 6) is 6.81. The number of nitrogens with zero attached hydrogens (tertiary/aromatic N) is 1. The molecule has 0 saturated carbocycles. The van der Waals surface area contributed by atoms with Crippen molar-refractivity contribution in [3.8, 4) is 11.8 Å². The van der Waals surface area contributed by atoms with Gasteiger partial charge in [0.05, 0.1) is 12.3 Å². The van der Waals surface area contributed by atoms with Crippen LogP contribution in [0, 0.1) is 11.8 Å². The Labute approximate surface area is 80.9 Å². The highest BCUT2D eigenvalue weighted by atomic mass is 32.1. The zero-order valence-electron chi connectivity index (χ0n) is 7.71. The van der Waals surface area contributed by atoms with Gasteiger partial charge in [0.2, 0.25) is 0 Å². The molecule has 0 aromatic heterocycles. The van der Waals surface area contributed by atoms with Gasteiger partial charge in [0.15, 0.2) is 0 Å². The van der Waals surface area contributed by atoms with Crippen LogP contribution in [0.3, 0.4) is 0 Å². The highest BCUT2D eigenvalue weighted by molar-refractivity contribution is 7.80. The third-order valence-corrected chi connectivity index (χ3v) is 2.58. The second kappa shape index (κ2) is 5.50. The van der Waals surface area contributed by atoms with Gasteiger partial charge in [-0.05, 0) is 26.3 Å². The molecule has 1 saturated heterocycles. The standard InChI is InChI=1S/C10H17NS/c1-10-6-2-3-7-11(10)8-4-5-9-12/h10,12H,2-3,6-9H2,1H3. The Kier molecular flexibility index (Phi) is 4.57. The van der Waals surface area contributed by atoms with E-state index in [0.29, 0.717) is 5.75 Å². The molecule has 0 aromatic carbocycles. The summed E-state index contributed by atoms with van der Waals surface area (Å²) in [7, 11) is 0. The third kappa shape index (κ3) is 3.08. The SMILES string of the molecule is CC1CCCCN1CC#CCS. The van der Waals surface area contributed by atoms with Crippen LogP contribution in [-0.4, -0.2) is 29.8 Å². The van der Waals surface area contributed by atoms with E-state index in [4.69, 9.17) is 0 Å². The molecule has 0 bridgehead atoms. The molecule has 68 valence electrons. The van der Waals surface area contributed by atoms with Crippen LogP contribution in [0.5, 0.6) is 0 Å². The Morgan fingerprint density at radius 1 is 1.42 bits per heavy atom. The second-order valence-corrected chi connectivity index (χ2v) is 3.64. The van der Waals surface area contributed by atoms with E-state index in [1.165, 1.54) is 25.8 Å². The summed E-state index contributed by atoms with van der Waals surface area (Å²) in [6.45, 7) is 4.45. The predicted octanol–water partition coefficient (Wildman–Crippen LogP) is 1.79. The molecule has 0 aliphatic carbocycles. The summed E-state index contributed by atoms with van der Waals surface area (Å²) >= 11 is 4.05. The monoisotopic (exact) mass is 183 g/mol. The van der Waals surface area contributed by atoms with Crippen LogP contribution in [-0.2, 0) is 0 Å². The average molecular weight is 183 g/mol. The Morgan fingerprint density at radius 2 is 2.25 bits per heavy atom. The van der Waals surface area contributed by atoms with E-state index in [2.05, 4.69) is 36.3 Å². The van der Waals surface area contributed by atoms with Crippen molar-refractivity contribution < 1.29 is 0 Å². The lowest BCUT2D eigenvalue weighted by atomic mass is 10.0. The summed E-state index contributed by atoms with van der Waals surface area (Å²) in [6, 6.07) is 0.730. The molecule has 0 aromatic rings. The number of piperidine rings is 1. The quantitative estimate of drug-likeness (QED) is 0.479. The maximum absolute atomic E-state index is 4.05. The fraction of sp³-hybridized carbons (Fsp3) is 0.800. The van der Waals surface area contributed by atoms with E-state index in [0.717, 1.165) is 12.6 Å². The number of hydrogen-bond donors (Lipinski definition) is 1. The lowest BCUT2D eigenvalue weighted by molar-refractivity contribution is 0.182. The summed E-state index contributed by atoms with van der Waals surface area (Å²) in [5, 5.41) is 0. The molecule has 2 heteroatoms. The van der Waals surface area contributed by atoms with Crippen LogP contribution in [0.4, 0.5) is 0 Å². The van der Waals surface area contributed by atoms with Gasteiger partial charge in [0, 0.05) is 6.04 Å². The van der Waals surface area contributed by atoms with E-state index in [-0.39, 0.29) is 0 Å². The first-order valence-corrected chi connectivity index (χ1v) is 5.28. The average Bonchev–Trinajstić information content (AvgIpc) is 2.09. The van der Waals surface area contributed by atoms with Gasteiger partial charge in [-0.3, -0.25) is 4.90 Å². The van der Waals surface area contributed by atoms with Crippen molar-refractivity contribution in [1.29, 1.82) is 0 Å². The summed E-state index contributed by atoms with van der Waals surface area (Å²) in [5.41, 5.74) is 0. The minimum atomic E-state index is 0.683. The topological polar surface area (TPSA) is 3.24 Å². The van der Waals surface area contributed by atoms with Crippen LogP contribution < -0.4 is 0 Å². The van der Waals surface area contributed by atoms with E-state index in [1.807, 2.05) is 0 Å². The molecule has 0 amide bonds. The highest BCUT2D eigenvalue weighted by Crippen LogP contribution is 2.15. The fourth-order valence-corrected chi connectivity index (χ4v) is 1.72. The number of hydrogen-bond acceptors (Lipinski definition) is 2. The molecule has 0 radical (unpaired) electrons. The minimum absolute atomic E-state index is 0.683. The lowest BCUT2D eigenvalue weighted by Crippen LogP contribution is -2.37. The summed E-state index contributed by atoms with van der Waals surface area (Å²) < 4.78 is 0. The van der Waals surface area contributed by atoms with Crippen molar-refractivity contribution in [2.24, 2.45) is 0 Å². The maximum atomic E-state index is 4.05. The molecule has 1 atom stereocenters. The van der Waals surface area contributed by atoms with E-state index in [9.17, 15) is 0 Å². The Morgan fingerprint density at radius 3 is 2.92 bits per heavy atom. The Balaban J connectivity index is 2.29. The van der Waals surface area contributed by atoms with E-state index in [1.54, 1.807) is 0 Å². The van der Waals surface area contributed by atoms with Crippen molar-refractivity contribution in [2.45, 2.75) is 32.2 Å². The van der Waals surface area contributed by atoms with Crippen LogP contribution in [0.2, 0.25) is 0 Å². The maximum Gasteiger partial charge on any atom is 0.0604 e. The molecule has 1 aliphatic heterocycles. The van der Waals surface area contributed by atoms with Gasteiger partial charge in [0.1, 0.15) is 0 Å². The summed E-state index contributed by atoms with van der Waals surface area (Å²) in [6.07, 6.45) is 4.06. The van der Waals surface area contributed by atoms with Crippen LogP contribution in [0.25, 0.3) is 0 Å².